The van der Waals surface area contributed by atoms with E-state index < -0.39 is 28.0 Å². The highest BCUT2D eigenvalue weighted by atomic mass is 79.9. The van der Waals surface area contributed by atoms with Gasteiger partial charge in [-0.3, -0.25) is 0 Å². The molecule has 0 aliphatic carbocycles. The Bertz CT molecular complexity index is 762. The Morgan fingerprint density at radius 1 is 1.08 bits per heavy atom. The lowest BCUT2D eigenvalue weighted by atomic mass is 9.97. The number of aryl methyl sites for hydroxylation is 1. The third-order valence-electron chi connectivity index (χ3n) is 3.39. The maximum absolute atomic E-state index is 13.4. The molecular formula is C17H11BrCl2F4. The van der Waals surface area contributed by atoms with Crippen LogP contribution in [0.3, 0.4) is 0 Å². The van der Waals surface area contributed by atoms with Gasteiger partial charge < -0.3 is 0 Å². The Labute approximate surface area is 155 Å². The van der Waals surface area contributed by atoms with E-state index in [0.29, 0.717) is 5.56 Å². The second kappa shape index (κ2) is 7.46. The zero-order valence-corrected chi connectivity index (χ0v) is 15.4. The molecular weight excluding hydrogens is 431 g/mol. The van der Waals surface area contributed by atoms with Gasteiger partial charge >= 0.3 is 6.18 Å². The van der Waals surface area contributed by atoms with Crippen molar-refractivity contribution in [3.8, 4) is 0 Å². The summed E-state index contributed by atoms with van der Waals surface area (Å²) in [5, 5.41) is -0.892. The first-order valence-corrected chi connectivity index (χ1v) is 8.30. The van der Waals surface area contributed by atoms with E-state index in [1.165, 1.54) is 6.08 Å². The molecule has 0 radical (unpaired) electrons. The highest BCUT2D eigenvalue weighted by molar-refractivity contribution is 9.10. The van der Waals surface area contributed by atoms with Crippen molar-refractivity contribution >= 4 is 45.2 Å². The molecule has 2 rings (SSSR count). The fourth-order valence-corrected chi connectivity index (χ4v) is 2.98. The van der Waals surface area contributed by atoms with Gasteiger partial charge in [-0.2, -0.15) is 13.2 Å². The van der Waals surface area contributed by atoms with Crippen molar-refractivity contribution in [3.63, 3.8) is 0 Å². The molecule has 0 aliphatic heterocycles. The maximum atomic E-state index is 13.4. The highest BCUT2D eigenvalue weighted by Crippen LogP contribution is 2.39. The molecule has 1 atom stereocenters. The van der Waals surface area contributed by atoms with E-state index in [-0.39, 0.29) is 5.56 Å². The zero-order chi connectivity index (χ0) is 18.1. The first kappa shape index (κ1) is 19.3. The summed E-state index contributed by atoms with van der Waals surface area (Å²) in [6, 6.07) is 7.09. The van der Waals surface area contributed by atoms with Crippen molar-refractivity contribution < 1.29 is 17.6 Å². The normalized spacial score (nSPS) is 13.5. The van der Waals surface area contributed by atoms with Crippen LogP contribution < -0.4 is 0 Å². The summed E-state index contributed by atoms with van der Waals surface area (Å²) in [7, 11) is 0. The Balaban J connectivity index is 2.43. The minimum atomic E-state index is -4.57. The molecule has 0 nitrogen and oxygen atoms in total. The predicted molar refractivity (Wildman–Crippen MR) is 93.1 cm³/mol. The first-order valence-electron chi connectivity index (χ1n) is 6.75. The summed E-state index contributed by atoms with van der Waals surface area (Å²) in [5.74, 6) is -2.89. The number of alkyl halides is 3. The van der Waals surface area contributed by atoms with Crippen LogP contribution in [0, 0.1) is 12.7 Å². The molecule has 0 aromatic heterocycles. The lowest BCUT2D eigenvalue weighted by molar-refractivity contribution is -0.139. The van der Waals surface area contributed by atoms with Gasteiger partial charge in [0.15, 0.2) is 5.82 Å². The number of hydrogen-bond donors (Lipinski definition) is 0. The van der Waals surface area contributed by atoms with Crippen molar-refractivity contribution in [3.05, 3.63) is 73.4 Å². The van der Waals surface area contributed by atoms with Crippen LogP contribution in [0.4, 0.5) is 17.6 Å². The van der Waals surface area contributed by atoms with Crippen LogP contribution in [0.15, 0.2) is 40.9 Å². The second-order valence-corrected chi connectivity index (χ2v) is 6.85. The SMILES string of the molecule is Cc1ccc(/C=C/C(c2cc(Cl)c(F)c(Cl)c2)C(F)(F)F)cc1Br. The van der Waals surface area contributed by atoms with Crippen LogP contribution >= 0.6 is 39.1 Å². The van der Waals surface area contributed by atoms with Crippen LogP contribution in [0.5, 0.6) is 0 Å². The molecule has 2 aromatic carbocycles. The molecule has 24 heavy (non-hydrogen) atoms. The molecule has 128 valence electrons. The summed E-state index contributed by atoms with van der Waals surface area (Å²) < 4.78 is 54.4. The molecule has 0 amide bonds. The van der Waals surface area contributed by atoms with E-state index in [9.17, 15) is 17.6 Å². The van der Waals surface area contributed by atoms with Crippen molar-refractivity contribution in [2.75, 3.05) is 0 Å². The molecule has 0 aliphatic rings. The molecule has 0 saturated carbocycles. The Morgan fingerprint density at radius 3 is 2.17 bits per heavy atom. The molecule has 0 bridgehead atoms. The van der Waals surface area contributed by atoms with Crippen LogP contribution in [-0.4, -0.2) is 6.18 Å². The fraction of sp³-hybridized carbons (Fsp3) is 0.176. The van der Waals surface area contributed by atoms with Gasteiger partial charge in [0.2, 0.25) is 0 Å². The number of hydrogen-bond acceptors (Lipinski definition) is 0. The summed E-state index contributed by atoms with van der Waals surface area (Å²) in [5.41, 5.74) is 1.35. The van der Waals surface area contributed by atoms with Gasteiger partial charge in [-0.25, -0.2) is 4.39 Å². The van der Waals surface area contributed by atoms with Gasteiger partial charge in [0.05, 0.1) is 16.0 Å². The van der Waals surface area contributed by atoms with Crippen LogP contribution in [0.1, 0.15) is 22.6 Å². The topological polar surface area (TPSA) is 0 Å². The summed E-state index contributed by atoms with van der Waals surface area (Å²) in [6.07, 6.45) is -2.21. The van der Waals surface area contributed by atoms with E-state index >= 15 is 0 Å². The maximum Gasteiger partial charge on any atom is 0.399 e. The lowest BCUT2D eigenvalue weighted by Crippen LogP contribution is -2.19. The van der Waals surface area contributed by atoms with E-state index in [1.807, 2.05) is 6.92 Å². The van der Waals surface area contributed by atoms with Crippen LogP contribution in [-0.2, 0) is 0 Å². The molecule has 0 fully saturated rings. The average Bonchev–Trinajstić information content (AvgIpc) is 2.47. The number of halogens is 7. The third kappa shape index (κ3) is 4.52. The Kier molecular flexibility index (Phi) is 6.00. The van der Waals surface area contributed by atoms with Crippen molar-refractivity contribution in [2.45, 2.75) is 19.0 Å². The van der Waals surface area contributed by atoms with Crippen molar-refractivity contribution in [1.82, 2.24) is 0 Å². The molecule has 1 unspecified atom stereocenters. The Morgan fingerprint density at radius 2 is 1.67 bits per heavy atom. The minimum absolute atomic E-state index is 0.221. The van der Waals surface area contributed by atoms with Gasteiger partial charge in [0.1, 0.15) is 0 Å². The van der Waals surface area contributed by atoms with Crippen molar-refractivity contribution in [1.29, 1.82) is 0 Å². The lowest BCUT2D eigenvalue weighted by Gasteiger charge is -2.18. The molecule has 7 heteroatoms. The van der Waals surface area contributed by atoms with Crippen molar-refractivity contribution in [2.24, 2.45) is 0 Å². The third-order valence-corrected chi connectivity index (χ3v) is 4.80. The largest absolute Gasteiger partial charge is 0.399 e. The van der Waals surface area contributed by atoms with Crippen LogP contribution in [0.2, 0.25) is 10.0 Å². The summed E-state index contributed by atoms with van der Waals surface area (Å²) in [6.45, 7) is 1.87. The van der Waals surface area contributed by atoms with Gasteiger partial charge in [-0.1, -0.05) is 63.4 Å². The standard InChI is InChI=1S/C17H11BrCl2F4/c1-9-2-3-10(6-13(9)18)4-5-12(17(22,23)24)11-7-14(19)16(21)15(20)8-11/h2-8,12H,1H3/b5-4+. The van der Waals surface area contributed by atoms with E-state index in [2.05, 4.69) is 15.9 Å². The van der Waals surface area contributed by atoms with Gasteiger partial charge in [-0.05, 0) is 41.8 Å². The van der Waals surface area contributed by atoms with Gasteiger partial charge in [0, 0.05) is 4.47 Å². The Hall–Kier alpha value is -1.04. The highest BCUT2D eigenvalue weighted by Gasteiger charge is 2.39. The zero-order valence-electron chi connectivity index (χ0n) is 12.3. The molecule has 0 saturated heterocycles. The second-order valence-electron chi connectivity index (χ2n) is 5.19. The quantitative estimate of drug-likeness (QED) is 0.340. The van der Waals surface area contributed by atoms with Gasteiger partial charge in [-0.15, -0.1) is 0 Å². The smallest absolute Gasteiger partial charge is 0.204 e. The molecule has 0 heterocycles. The summed E-state index contributed by atoms with van der Waals surface area (Å²) >= 11 is 14.6. The monoisotopic (exact) mass is 440 g/mol. The van der Waals surface area contributed by atoms with Gasteiger partial charge in [0.25, 0.3) is 0 Å². The molecule has 0 spiro atoms. The van der Waals surface area contributed by atoms with E-state index in [1.54, 1.807) is 18.2 Å². The predicted octanol–water partition coefficient (Wildman–Crippen LogP) is 7.56. The summed E-state index contributed by atoms with van der Waals surface area (Å²) in [4.78, 5) is 0. The van der Waals surface area contributed by atoms with Crippen LogP contribution in [0.25, 0.3) is 6.08 Å². The number of rotatable bonds is 3. The average molecular weight is 442 g/mol. The minimum Gasteiger partial charge on any atom is -0.204 e. The van der Waals surface area contributed by atoms with E-state index in [4.69, 9.17) is 23.2 Å². The van der Waals surface area contributed by atoms with E-state index in [0.717, 1.165) is 28.2 Å². The number of allylic oxidation sites excluding steroid dienone is 1. The molecule has 0 N–H and O–H groups in total. The first-order chi connectivity index (χ1) is 11.1. The number of benzene rings is 2. The molecule has 2 aromatic rings. The fourth-order valence-electron chi connectivity index (χ4n) is 2.08.